The van der Waals surface area contributed by atoms with Gasteiger partial charge in [0, 0.05) is 19.1 Å². The van der Waals surface area contributed by atoms with E-state index in [1.54, 1.807) is 12.1 Å². The minimum absolute atomic E-state index is 0.276. The summed E-state index contributed by atoms with van der Waals surface area (Å²) in [7, 11) is 3.48. The highest BCUT2D eigenvalue weighted by atomic mass is 19.1. The number of likely N-dealkylation sites (tertiary alicyclic amines) is 1. The van der Waals surface area contributed by atoms with Gasteiger partial charge in [-0.15, -0.1) is 0 Å². The molecule has 1 aromatic rings. The van der Waals surface area contributed by atoms with Gasteiger partial charge in [0.05, 0.1) is 7.11 Å². The van der Waals surface area contributed by atoms with Crippen molar-refractivity contribution >= 4 is 0 Å². The molecule has 19 heavy (non-hydrogen) atoms. The van der Waals surface area contributed by atoms with Gasteiger partial charge in [0.25, 0.3) is 0 Å². The van der Waals surface area contributed by atoms with E-state index in [-0.39, 0.29) is 5.82 Å². The highest BCUT2D eigenvalue weighted by Gasteiger charge is 2.21. The fourth-order valence-electron chi connectivity index (χ4n) is 2.78. The number of likely N-dealkylation sites (N-methyl/N-ethyl adjacent to an activating group) is 1. The number of nitrogens with zero attached hydrogens (tertiary/aromatic N) is 1. The lowest BCUT2D eigenvalue weighted by atomic mass is 10.0. The van der Waals surface area contributed by atoms with Crippen molar-refractivity contribution in [2.45, 2.75) is 31.8 Å². The zero-order chi connectivity index (χ0) is 13.7. The molecule has 0 radical (unpaired) electrons. The van der Waals surface area contributed by atoms with Crippen molar-refractivity contribution in [3.8, 4) is 5.75 Å². The number of rotatable bonds is 5. The van der Waals surface area contributed by atoms with E-state index in [1.807, 2.05) is 13.1 Å². The SMILES string of the molecule is CNCC1CCCCN1Cc1ccc(OC)c(F)c1. The number of ether oxygens (including phenoxy) is 1. The molecule has 0 aliphatic carbocycles. The van der Waals surface area contributed by atoms with Crippen molar-refractivity contribution in [2.24, 2.45) is 0 Å². The fourth-order valence-corrected chi connectivity index (χ4v) is 2.78. The lowest BCUT2D eigenvalue weighted by Crippen LogP contribution is -2.44. The zero-order valence-corrected chi connectivity index (χ0v) is 11.8. The smallest absolute Gasteiger partial charge is 0.165 e. The summed E-state index contributed by atoms with van der Waals surface area (Å²) in [6.07, 6.45) is 3.75. The predicted octanol–water partition coefficient (Wildman–Crippen LogP) is 2.41. The van der Waals surface area contributed by atoms with Crippen molar-refractivity contribution in [3.63, 3.8) is 0 Å². The number of hydrogen-bond donors (Lipinski definition) is 1. The molecule has 2 rings (SSSR count). The second-order valence-corrected chi connectivity index (χ2v) is 5.15. The molecule has 0 amide bonds. The van der Waals surface area contributed by atoms with Crippen LogP contribution in [0.4, 0.5) is 4.39 Å². The summed E-state index contributed by atoms with van der Waals surface area (Å²) in [5, 5.41) is 3.25. The third kappa shape index (κ3) is 3.67. The molecule has 1 N–H and O–H groups in total. The van der Waals surface area contributed by atoms with Crippen LogP contribution in [0.15, 0.2) is 18.2 Å². The number of piperidine rings is 1. The standard InChI is InChI=1S/C15H23FN2O/c1-17-10-13-5-3-4-8-18(13)11-12-6-7-15(19-2)14(16)9-12/h6-7,9,13,17H,3-5,8,10-11H2,1-2H3. The third-order valence-electron chi connectivity index (χ3n) is 3.79. The average molecular weight is 266 g/mol. The summed E-state index contributed by atoms with van der Waals surface area (Å²) < 4.78 is 18.6. The summed E-state index contributed by atoms with van der Waals surface area (Å²) in [4.78, 5) is 2.45. The first-order chi connectivity index (χ1) is 9.24. The number of hydrogen-bond acceptors (Lipinski definition) is 3. The first-order valence-corrected chi connectivity index (χ1v) is 6.95. The highest BCUT2D eigenvalue weighted by molar-refractivity contribution is 5.29. The van der Waals surface area contributed by atoms with E-state index < -0.39 is 0 Å². The maximum absolute atomic E-state index is 13.7. The Morgan fingerprint density at radius 2 is 2.26 bits per heavy atom. The number of methoxy groups -OCH3 is 1. The molecule has 3 nitrogen and oxygen atoms in total. The molecule has 1 aliphatic heterocycles. The highest BCUT2D eigenvalue weighted by Crippen LogP contribution is 2.22. The van der Waals surface area contributed by atoms with Gasteiger partial charge in [-0.2, -0.15) is 0 Å². The van der Waals surface area contributed by atoms with Gasteiger partial charge in [0.2, 0.25) is 0 Å². The van der Waals surface area contributed by atoms with E-state index in [4.69, 9.17) is 4.74 Å². The van der Waals surface area contributed by atoms with E-state index in [0.29, 0.717) is 11.8 Å². The van der Waals surface area contributed by atoms with Gasteiger partial charge in [-0.25, -0.2) is 4.39 Å². The third-order valence-corrected chi connectivity index (χ3v) is 3.79. The maximum Gasteiger partial charge on any atom is 0.165 e. The maximum atomic E-state index is 13.7. The van der Waals surface area contributed by atoms with Crippen molar-refractivity contribution in [3.05, 3.63) is 29.6 Å². The summed E-state index contributed by atoms with van der Waals surface area (Å²) in [5.41, 5.74) is 1.02. The monoisotopic (exact) mass is 266 g/mol. The van der Waals surface area contributed by atoms with Crippen molar-refractivity contribution in [1.82, 2.24) is 10.2 Å². The van der Waals surface area contributed by atoms with Crippen LogP contribution < -0.4 is 10.1 Å². The topological polar surface area (TPSA) is 24.5 Å². The van der Waals surface area contributed by atoms with Gasteiger partial charge in [-0.3, -0.25) is 4.90 Å². The molecule has 0 bridgehead atoms. The van der Waals surface area contributed by atoms with Crippen LogP contribution in [0.3, 0.4) is 0 Å². The molecule has 106 valence electrons. The number of halogens is 1. The van der Waals surface area contributed by atoms with Crippen LogP contribution in [-0.4, -0.2) is 38.2 Å². The Hall–Kier alpha value is -1.13. The second-order valence-electron chi connectivity index (χ2n) is 5.15. The Bertz CT molecular complexity index is 409. The van der Waals surface area contributed by atoms with Crippen LogP contribution in [-0.2, 0) is 6.54 Å². The molecule has 0 aromatic heterocycles. The first kappa shape index (κ1) is 14.3. The van der Waals surface area contributed by atoms with E-state index >= 15 is 0 Å². The summed E-state index contributed by atoms with van der Waals surface area (Å²) in [6.45, 7) is 2.91. The van der Waals surface area contributed by atoms with E-state index in [1.165, 1.54) is 26.4 Å². The first-order valence-electron chi connectivity index (χ1n) is 6.95. The number of nitrogens with one attached hydrogen (secondary N) is 1. The summed E-state index contributed by atoms with van der Waals surface area (Å²) in [6, 6.07) is 5.81. The largest absolute Gasteiger partial charge is 0.494 e. The lowest BCUT2D eigenvalue weighted by Gasteiger charge is -2.35. The normalized spacial score (nSPS) is 20.5. The van der Waals surface area contributed by atoms with Gasteiger partial charge < -0.3 is 10.1 Å². The molecule has 1 atom stereocenters. The van der Waals surface area contributed by atoms with Crippen molar-refractivity contribution in [2.75, 3.05) is 27.2 Å². The Kier molecular flexibility index (Phi) is 5.16. The van der Waals surface area contributed by atoms with Crippen LogP contribution in [0.2, 0.25) is 0 Å². The molecule has 4 heteroatoms. The molecule has 1 heterocycles. The summed E-state index contributed by atoms with van der Waals surface area (Å²) >= 11 is 0. The number of benzene rings is 1. The molecule has 1 saturated heterocycles. The van der Waals surface area contributed by atoms with Crippen LogP contribution in [0.25, 0.3) is 0 Å². The van der Waals surface area contributed by atoms with Gasteiger partial charge in [0.15, 0.2) is 11.6 Å². The Morgan fingerprint density at radius 3 is 2.95 bits per heavy atom. The molecular formula is C15H23FN2O. The fraction of sp³-hybridized carbons (Fsp3) is 0.600. The van der Waals surface area contributed by atoms with Gasteiger partial charge in [-0.1, -0.05) is 12.5 Å². The average Bonchev–Trinajstić information content (AvgIpc) is 2.41. The second kappa shape index (κ2) is 6.87. The quantitative estimate of drug-likeness (QED) is 0.885. The molecular weight excluding hydrogens is 243 g/mol. The minimum atomic E-state index is -0.276. The van der Waals surface area contributed by atoms with Crippen molar-refractivity contribution < 1.29 is 9.13 Å². The lowest BCUT2D eigenvalue weighted by molar-refractivity contribution is 0.139. The van der Waals surface area contributed by atoms with E-state index in [2.05, 4.69) is 10.2 Å². The van der Waals surface area contributed by atoms with E-state index in [0.717, 1.165) is 25.2 Å². The molecule has 1 unspecified atom stereocenters. The molecule has 1 aromatic carbocycles. The Balaban J connectivity index is 2.04. The molecule has 0 saturated carbocycles. The van der Waals surface area contributed by atoms with Crippen LogP contribution in [0.5, 0.6) is 5.75 Å². The summed E-state index contributed by atoms with van der Waals surface area (Å²) in [5.74, 6) is 0.0383. The Morgan fingerprint density at radius 1 is 1.42 bits per heavy atom. The van der Waals surface area contributed by atoms with Gasteiger partial charge >= 0.3 is 0 Å². The van der Waals surface area contributed by atoms with Crippen LogP contribution >= 0.6 is 0 Å². The molecule has 0 spiro atoms. The predicted molar refractivity (Wildman–Crippen MR) is 74.9 cm³/mol. The van der Waals surface area contributed by atoms with Crippen LogP contribution in [0, 0.1) is 5.82 Å². The minimum Gasteiger partial charge on any atom is -0.494 e. The Labute approximate surface area is 114 Å². The van der Waals surface area contributed by atoms with Crippen LogP contribution in [0.1, 0.15) is 24.8 Å². The van der Waals surface area contributed by atoms with Gasteiger partial charge in [-0.05, 0) is 44.1 Å². The van der Waals surface area contributed by atoms with Crippen molar-refractivity contribution in [1.29, 1.82) is 0 Å². The van der Waals surface area contributed by atoms with E-state index in [9.17, 15) is 4.39 Å². The van der Waals surface area contributed by atoms with Gasteiger partial charge in [0.1, 0.15) is 0 Å². The molecule has 1 fully saturated rings. The molecule has 1 aliphatic rings. The zero-order valence-electron chi connectivity index (χ0n) is 11.8.